The Hall–Kier alpha value is -5.91. The first kappa shape index (κ1) is 34.9. The number of hydrogen-bond acceptors (Lipinski definition) is 11. The third-order valence-corrected chi connectivity index (χ3v) is 8.49. The summed E-state index contributed by atoms with van der Waals surface area (Å²) in [5.74, 6) is 0.387. The number of aromatic nitrogens is 8. The maximum Gasteiger partial charge on any atom is 0.410 e. The molecule has 15 heteroatoms. The molecule has 5 heterocycles. The average Bonchev–Trinajstić information content (AvgIpc) is 3.76. The molecule has 264 valence electrons. The summed E-state index contributed by atoms with van der Waals surface area (Å²) < 4.78 is 7.19. The average molecular weight is 691 g/mol. The van der Waals surface area contributed by atoms with E-state index in [1.807, 2.05) is 85.7 Å². The molecule has 4 aromatic heterocycles. The number of hydrogen-bond donors (Lipinski definition) is 1. The van der Waals surface area contributed by atoms with Crippen LogP contribution < -0.4 is 10.2 Å². The molecule has 51 heavy (non-hydrogen) atoms. The number of benzene rings is 1. The first-order chi connectivity index (χ1) is 24.1. The van der Waals surface area contributed by atoms with Gasteiger partial charge in [-0.1, -0.05) is 12.1 Å². The van der Waals surface area contributed by atoms with Gasteiger partial charge in [0.25, 0.3) is 11.7 Å². The van der Waals surface area contributed by atoms with Crippen LogP contribution in [0.5, 0.6) is 0 Å². The summed E-state index contributed by atoms with van der Waals surface area (Å²) in [4.78, 5) is 40.5. The number of aryl methyl sites for hydroxylation is 1. The van der Waals surface area contributed by atoms with Crippen LogP contribution in [-0.2, 0) is 10.3 Å². The third-order valence-electron chi connectivity index (χ3n) is 8.49. The van der Waals surface area contributed by atoms with Crippen LogP contribution in [0, 0.1) is 18.3 Å². The molecule has 1 saturated heterocycles. The Bertz CT molecular complexity index is 2130. The number of nitriles is 1. The van der Waals surface area contributed by atoms with E-state index in [-0.39, 0.29) is 18.0 Å². The Morgan fingerprint density at radius 1 is 1.00 bits per heavy atom. The lowest BCUT2D eigenvalue weighted by atomic mass is 9.97. The fraction of sp³-hybridized carbons (Fsp3) is 0.417. The van der Waals surface area contributed by atoms with Crippen LogP contribution in [-0.4, -0.2) is 88.5 Å². The van der Waals surface area contributed by atoms with E-state index in [4.69, 9.17) is 14.7 Å². The number of carbonyl (C=O) groups excluding carboxylic acids is 2. The van der Waals surface area contributed by atoms with Gasteiger partial charge >= 0.3 is 6.09 Å². The van der Waals surface area contributed by atoms with Gasteiger partial charge in [-0.3, -0.25) is 4.79 Å². The lowest BCUT2D eigenvalue weighted by molar-refractivity contribution is 0.0240. The summed E-state index contributed by atoms with van der Waals surface area (Å²) >= 11 is 0. The van der Waals surface area contributed by atoms with E-state index < -0.39 is 17.0 Å². The van der Waals surface area contributed by atoms with Crippen molar-refractivity contribution in [3.05, 3.63) is 71.4 Å². The van der Waals surface area contributed by atoms with Crippen molar-refractivity contribution < 1.29 is 14.3 Å². The predicted molar refractivity (Wildman–Crippen MR) is 190 cm³/mol. The first-order valence-corrected chi connectivity index (χ1v) is 16.8. The van der Waals surface area contributed by atoms with Crippen LogP contribution >= 0.6 is 0 Å². The van der Waals surface area contributed by atoms with Crippen LogP contribution in [0.2, 0.25) is 0 Å². The zero-order chi connectivity index (χ0) is 36.7. The molecule has 0 unspecified atom stereocenters. The number of nitrogens with one attached hydrogen (secondary N) is 1. The molecule has 0 aliphatic carbocycles. The van der Waals surface area contributed by atoms with Gasteiger partial charge in [0.2, 0.25) is 0 Å². The van der Waals surface area contributed by atoms with Crippen molar-refractivity contribution >= 4 is 23.3 Å². The van der Waals surface area contributed by atoms with Crippen molar-refractivity contribution in [1.82, 2.24) is 50.0 Å². The van der Waals surface area contributed by atoms with E-state index in [9.17, 15) is 14.9 Å². The molecule has 2 amide bonds. The van der Waals surface area contributed by atoms with Gasteiger partial charge in [-0.15, -0.1) is 10.2 Å². The number of anilines is 1. The number of piperazine rings is 1. The maximum atomic E-state index is 13.0. The SMILES string of the molecule is Cc1cc(-c2nc(-c3ccc(N4CCN(C(=O)OC(C)(C)C)CC4)nc3)cn3ncc(C#N)c23)ccc1[C@@H](C)NC(=O)c1nnn(C(C)(C)C)n1. The van der Waals surface area contributed by atoms with Gasteiger partial charge in [0, 0.05) is 43.5 Å². The minimum atomic E-state index is -0.538. The Morgan fingerprint density at radius 2 is 1.73 bits per heavy atom. The molecule has 1 atom stereocenters. The zero-order valence-electron chi connectivity index (χ0n) is 30.2. The minimum Gasteiger partial charge on any atom is -0.444 e. The van der Waals surface area contributed by atoms with Gasteiger partial charge in [0.15, 0.2) is 0 Å². The molecule has 6 rings (SSSR count). The van der Waals surface area contributed by atoms with Gasteiger partial charge in [-0.25, -0.2) is 19.3 Å². The van der Waals surface area contributed by atoms with E-state index >= 15 is 0 Å². The second-order valence-electron chi connectivity index (χ2n) is 14.6. The van der Waals surface area contributed by atoms with Crippen molar-refractivity contribution in [3.8, 4) is 28.6 Å². The smallest absolute Gasteiger partial charge is 0.410 e. The summed E-state index contributed by atoms with van der Waals surface area (Å²) in [6.07, 6.45) is 4.79. The summed E-state index contributed by atoms with van der Waals surface area (Å²) in [5, 5.41) is 29.5. The van der Waals surface area contributed by atoms with E-state index in [1.54, 1.807) is 21.8 Å². The van der Waals surface area contributed by atoms with Crippen molar-refractivity contribution in [2.45, 2.75) is 72.6 Å². The maximum absolute atomic E-state index is 13.0. The van der Waals surface area contributed by atoms with Crippen molar-refractivity contribution in [3.63, 3.8) is 0 Å². The minimum absolute atomic E-state index is 0.00233. The highest BCUT2D eigenvalue weighted by Crippen LogP contribution is 2.32. The number of pyridine rings is 1. The van der Waals surface area contributed by atoms with Gasteiger partial charge in [0.1, 0.15) is 28.6 Å². The molecule has 0 bridgehead atoms. The van der Waals surface area contributed by atoms with Crippen LogP contribution in [0.25, 0.3) is 28.0 Å². The molecule has 1 aromatic carbocycles. The van der Waals surface area contributed by atoms with Crippen LogP contribution in [0.3, 0.4) is 0 Å². The fourth-order valence-electron chi connectivity index (χ4n) is 5.84. The Morgan fingerprint density at radius 3 is 2.33 bits per heavy atom. The predicted octanol–water partition coefficient (Wildman–Crippen LogP) is 4.93. The molecule has 1 N–H and O–H groups in total. The number of tetrazole rings is 1. The number of nitrogens with zero attached hydrogens (tertiary/aromatic N) is 11. The largest absolute Gasteiger partial charge is 0.444 e. The van der Waals surface area contributed by atoms with E-state index in [1.165, 1.54) is 11.0 Å². The summed E-state index contributed by atoms with van der Waals surface area (Å²) in [6, 6.07) is 11.7. The monoisotopic (exact) mass is 690 g/mol. The van der Waals surface area contributed by atoms with Crippen LogP contribution in [0.15, 0.2) is 48.9 Å². The lowest BCUT2D eigenvalue weighted by Gasteiger charge is -2.36. The zero-order valence-corrected chi connectivity index (χ0v) is 30.2. The number of fused-ring (bicyclic) bond motifs is 1. The van der Waals surface area contributed by atoms with E-state index in [2.05, 4.69) is 36.8 Å². The number of rotatable bonds is 6. The van der Waals surface area contributed by atoms with Crippen molar-refractivity contribution in [2.75, 3.05) is 31.1 Å². The van der Waals surface area contributed by atoms with Crippen molar-refractivity contribution in [1.29, 1.82) is 5.26 Å². The fourth-order valence-corrected chi connectivity index (χ4v) is 5.84. The summed E-state index contributed by atoms with van der Waals surface area (Å²) in [6.45, 7) is 17.6. The molecular formula is C36H42N12O3. The normalized spacial score (nSPS) is 14.3. The lowest BCUT2D eigenvalue weighted by Crippen LogP contribution is -2.50. The topological polar surface area (TPSA) is 172 Å². The molecular weight excluding hydrogens is 648 g/mol. The standard InChI is InChI=1S/C36H42N12O3/c1-22-17-24(9-11-27(22)23(2)40-33(49)32-42-44-48(43-32)35(3,4)5)30-31-26(18-37)20-39-47(31)21-28(41-30)25-10-12-29(38-19-25)45-13-15-46(16-14-45)34(50)51-36(6,7)8/h9-12,17,19-21,23H,13-16H2,1-8H3,(H,40,49)/t23-/m1/s1. The molecule has 0 saturated carbocycles. The number of ether oxygens (including phenoxy) is 1. The summed E-state index contributed by atoms with van der Waals surface area (Å²) in [7, 11) is 0. The second kappa shape index (κ2) is 13.4. The Kier molecular flexibility index (Phi) is 9.20. The van der Waals surface area contributed by atoms with Gasteiger partial charge in [-0.2, -0.15) is 15.2 Å². The highest BCUT2D eigenvalue weighted by molar-refractivity contribution is 5.90. The highest BCUT2D eigenvalue weighted by Gasteiger charge is 2.27. The summed E-state index contributed by atoms with van der Waals surface area (Å²) in [5.41, 5.74) is 4.70. The van der Waals surface area contributed by atoms with E-state index in [0.717, 1.165) is 28.1 Å². The van der Waals surface area contributed by atoms with Gasteiger partial charge in [0.05, 0.1) is 35.4 Å². The number of carbonyl (C=O) groups is 2. The molecule has 1 aliphatic heterocycles. The van der Waals surface area contributed by atoms with Crippen LogP contribution in [0.4, 0.5) is 10.6 Å². The second-order valence-corrected chi connectivity index (χ2v) is 14.6. The van der Waals surface area contributed by atoms with Gasteiger partial charge < -0.3 is 19.9 Å². The van der Waals surface area contributed by atoms with Crippen molar-refractivity contribution in [2.24, 2.45) is 0 Å². The molecule has 1 aliphatic rings. The quantitative estimate of drug-likeness (QED) is 0.256. The van der Waals surface area contributed by atoms with E-state index in [0.29, 0.717) is 48.6 Å². The molecule has 5 aromatic rings. The Balaban J connectivity index is 1.22. The van der Waals surface area contributed by atoms with Gasteiger partial charge in [-0.05, 0) is 89.9 Å². The molecule has 1 fully saturated rings. The number of amides is 2. The molecule has 0 radical (unpaired) electrons. The third kappa shape index (κ3) is 7.49. The first-order valence-electron chi connectivity index (χ1n) is 16.8. The Labute approximate surface area is 296 Å². The van der Waals surface area contributed by atoms with Crippen LogP contribution in [0.1, 0.15) is 81.8 Å². The molecule has 0 spiro atoms. The highest BCUT2D eigenvalue weighted by atomic mass is 16.6. The molecule has 15 nitrogen and oxygen atoms in total.